The molecule has 0 bridgehead atoms. The highest BCUT2D eigenvalue weighted by atomic mass is 35.5. The van der Waals surface area contributed by atoms with E-state index in [1.54, 1.807) is 42.5 Å². The lowest BCUT2D eigenvalue weighted by Gasteiger charge is -2.02. The van der Waals surface area contributed by atoms with E-state index in [4.69, 9.17) is 27.6 Å². The second kappa shape index (κ2) is 11.0. The van der Waals surface area contributed by atoms with Crippen molar-refractivity contribution < 1.29 is 24.5 Å². The van der Waals surface area contributed by atoms with Crippen LogP contribution in [0.5, 0.6) is 11.5 Å². The largest absolute Gasteiger partial charge is 0.502 e. The summed E-state index contributed by atoms with van der Waals surface area (Å²) in [7, 11) is 0. The van der Waals surface area contributed by atoms with Gasteiger partial charge in [0.25, 0.3) is 0 Å². The molecular formula is C27H15Cl2N5O7. The number of halogens is 2. The Morgan fingerprint density at radius 1 is 0.756 bits per heavy atom. The first kappa shape index (κ1) is 27.2. The summed E-state index contributed by atoms with van der Waals surface area (Å²) in [5, 5.41) is 42.7. The van der Waals surface area contributed by atoms with Crippen LogP contribution in [-0.2, 0) is 0 Å². The summed E-state index contributed by atoms with van der Waals surface area (Å²) in [4.78, 5) is 33.7. The van der Waals surface area contributed by atoms with Crippen molar-refractivity contribution in [1.82, 2.24) is 4.98 Å². The van der Waals surface area contributed by atoms with Crippen LogP contribution in [0.15, 0.2) is 81.1 Å². The number of nitrogens with zero attached hydrogens (tertiary/aromatic N) is 5. The number of benzene rings is 4. The second-order valence-electron chi connectivity index (χ2n) is 8.47. The fourth-order valence-corrected chi connectivity index (χ4v) is 4.23. The molecule has 1 aromatic heterocycles. The van der Waals surface area contributed by atoms with Crippen LogP contribution in [0, 0.1) is 20.2 Å². The predicted octanol–water partition coefficient (Wildman–Crippen LogP) is 7.53. The lowest BCUT2D eigenvalue weighted by molar-refractivity contribution is -0.386. The van der Waals surface area contributed by atoms with Gasteiger partial charge < -0.3 is 14.6 Å². The standard InChI is InChI=1S/C27H15Cl2N5O7/c28-17-7-15(25(35)22(9-17)33(37)38)12-30-19-3-1-14(2-4-19)27-32-21-11-20(5-6-24(21)41-27)31-13-16-8-18(29)10-23(26(16)36)34(39)40/h1-13,35-36H. The van der Waals surface area contributed by atoms with Crippen LogP contribution in [0.4, 0.5) is 22.7 Å². The minimum absolute atomic E-state index is 0.0795. The van der Waals surface area contributed by atoms with Crippen LogP contribution in [-0.4, -0.2) is 37.5 Å². The Kier molecular flexibility index (Phi) is 7.34. The average molecular weight is 592 g/mol. The molecule has 0 aliphatic carbocycles. The zero-order valence-corrected chi connectivity index (χ0v) is 21.9. The van der Waals surface area contributed by atoms with E-state index in [-0.39, 0.29) is 21.2 Å². The number of aliphatic imine (C=N–C) groups is 2. The molecule has 2 N–H and O–H groups in total. The van der Waals surface area contributed by atoms with Crippen LogP contribution >= 0.6 is 23.2 Å². The second-order valence-corrected chi connectivity index (χ2v) is 9.35. The van der Waals surface area contributed by atoms with Gasteiger partial charge >= 0.3 is 11.4 Å². The Labute approximate surface area is 239 Å². The van der Waals surface area contributed by atoms with Crippen molar-refractivity contribution in [2.75, 3.05) is 0 Å². The van der Waals surface area contributed by atoms with Gasteiger partial charge in [0.15, 0.2) is 5.58 Å². The molecule has 0 spiro atoms. The first-order chi connectivity index (χ1) is 19.6. The van der Waals surface area contributed by atoms with E-state index < -0.39 is 32.7 Å². The molecule has 0 saturated carbocycles. The van der Waals surface area contributed by atoms with E-state index in [1.165, 1.54) is 24.6 Å². The minimum Gasteiger partial charge on any atom is -0.502 e. The zero-order chi connectivity index (χ0) is 29.3. The molecule has 5 aromatic rings. The monoisotopic (exact) mass is 591 g/mol. The minimum atomic E-state index is -0.738. The maximum absolute atomic E-state index is 11.1. The SMILES string of the molecule is O=[N+]([O-])c1cc(Cl)cc(C=Nc2ccc(-c3nc4cc(N=Cc5cc(Cl)cc([N+](=O)[O-])c5O)ccc4o3)cc2)c1O. The number of phenols is 2. The number of aromatic nitrogens is 1. The van der Waals surface area contributed by atoms with E-state index in [0.717, 1.165) is 12.1 Å². The Hall–Kier alpha value is -5.33. The summed E-state index contributed by atoms with van der Waals surface area (Å²) in [5.74, 6) is -0.769. The summed E-state index contributed by atoms with van der Waals surface area (Å²) in [6.07, 6.45) is 2.53. The lowest BCUT2D eigenvalue weighted by Crippen LogP contribution is -1.92. The van der Waals surface area contributed by atoms with E-state index in [9.17, 15) is 30.4 Å². The van der Waals surface area contributed by atoms with E-state index in [2.05, 4.69) is 15.0 Å². The fourth-order valence-electron chi connectivity index (χ4n) is 3.78. The molecule has 41 heavy (non-hydrogen) atoms. The van der Waals surface area contributed by atoms with Gasteiger partial charge in [-0.3, -0.25) is 30.2 Å². The Balaban J connectivity index is 1.36. The van der Waals surface area contributed by atoms with E-state index >= 15 is 0 Å². The number of aromatic hydroxyl groups is 2. The van der Waals surface area contributed by atoms with E-state index in [1.807, 2.05) is 0 Å². The third-order valence-corrected chi connectivity index (χ3v) is 6.19. The van der Waals surface area contributed by atoms with Gasteiger partial charge in [-0.25, -0.2) is 4.98 Å². The maximum Gasteiger partial charge on any atom is 0.312 e. The molecule has 0 amide bonds. The van der Waals surface area contributed by atoms with Crippen molar-refractivity contribution >= 4 is 69.5 Å². The fraction of sp³-hybridized carbons (Fsp3) is 0. The molecule has 204 valence electrons. The molecule has 12 nitrogen and oxygen atoms in total. The van der Waals surface area contributed by atoms with Gasteiger partial charge in [-0.1, -0.05) is 23.2 Å². The normalized spacial score (nSPS) is 11.6. The summed E-state index contributed by atoms with van der Waals surface area (Å²) in [6.45, 7) is 0. The average Bonchev–Trinajstić information content (AvgIpc) is 3.37. The van der Waals surface area contributed by atoms with Gasteiger partial charge in [-0.15, -0.1) is 0 Å². The van der Waals surface area contributed by atoms with Crippen molar-refractivity contribution in [2.24, 2.45) is 9.98 Å². The molecule has 0 radical (unpaired) electrons. The summed E-state index contributed by atoms with van der Waals surface area (Å²) >= 11 is 11.8. The topological polar surface area (TPSA) is 177 Å². The van der Waals surface area contributed by atoms with Crippen LogP contribution in [0.3, 0.4) is 0 Å². The third-order valence-electron chi connectivity index (χ3n) is 5.75. The first-order valence-corrected chi connectivity index (χ1v) is 12.3. The number of rotatable bonds is 7. The Morgan fingerprint density at radius 2 is 1.27 bits per heavy atom. The lowest BCUT2D eigenvalue weighted by atomic mass is 10.2. The maximum atomic E-state index is 11.1. The van der Waals surface area contributed by atoms with Crippen molar-refractivity contribution in [3.8, 4) is 23.0 Å². The van der Waals surface area contributed by atoms with Crippen LogP contribution in [0.1, 0.15) is 11.1 Å². The highest BCUT2D eigenvalue weighted by molar-refractivity contribution is 6.31. The molecule has 4 aromatic carbocycles. The highest BCUT2D eigenvalue weighted by Crippen LogP contribution is 2.34. The predicted molar refractivity (Wildman–Crippen MR) is 153 cm³/mol. The van der Waals surface area contributed by atoms with Crippen molar-refractivity contribution in [3.63, 3.8) is 0 Å². The number of nitro groups is 2. The molecule has 1 heterocycles. The quantitative estimate of drug-likeness (QED) is 0.111. The van der Waals surface area contributed by atoms with Gasteiger partial charge in [0.1, 0.15) is 5.52 Å². The molecule has 14 heteroatoms. The van der Waals surface area contributed by atoms with Crippen LogP contribution in [0.2, 0.25) is 10.0 Å². The number of hydrogen-bond acceptors (Lipinski definition) is 10. The number of hydrogen-bond donors (Lipinski definition) is 2. The summed E-state index contributed by atoms with van der Waals surface area (Å²) in [5.41, 5.74) is 1.69. The van der Waals surface area contributed by atoms with E-state index in [0.29, 0.717) is 33.9 Å². The Bertz CT molecular complexity index is 1900. The van der Waals surface area contributed by atoms with Gasteiger partial charge in [-0.05, 0) is 54.6 Å². The van der Waals surface area contributed by atoms with Gasteiger partial charge in [0, 0.05) is 51.3 Å². The molecular weight excluding hydrogens is 577 g/mol. The van der Waals surface area contributed by atoms with Crippen molar-refractivity contribution in [3.05, 3.63) is 108 Å². The number of phenolic OH excluding ortho intramolecular Hbond substituents is 2. The molecule has 0 fully saturated rings. The third kappa shape index (κ3) is 5.83. The highest BCUT2D eigenvalue weighted by Gasteiger charge is 2.19. The molecule has 5 rings (SSSR count). The summed E-state index contributed by atoms with van der Waals surface area (Å²) < 4.78 is 5.84. The number of oxazole rings is 1. The molecule has 0 unspecified atom stereocenters. The van der Waals surface area contributed by atoms with Gasteiger partial charge in [-0.2, -0.15) is 0 Å². The molecule has 0 aliphatic rings. The van der Waals surface area contributed by atoms with Crippen molar-refractivity contribution in [2.45, 2.75) is 0 Å². The Morgan fingerprint density at radius 3 is 1.80 bits per heavy atom. The molecule has 0 aliphatic heterocycles. The molecule has 0 atom stereocenters. The van der Waals surface area contributed by atoms with Crippen LogP contribution < -0.4 is 0 Å². The van der Waals surface area contributed by atoms with Gasteiger partial charge in [0.2, 0.25) is 17.4 Å². The van der Waals surface area contributed by atoms with Crippen molar-refractivity contribution in [1.29, 1.82) is 0 Å². The first-order valence-electron chi connectivity index (χ1n) is 11.5. The summed E-state index contributed by atoms with van der Waals surface area (Å²) in [6, 6.07) is 16.5. The zero-order valence-electron chi connectivity index (χ0n) is 20.4. The smallest absolute Gasteiger partial charge is 0.312 e. The van der Waals surface area contributed by atoms with Crippen LogP contribution in [0.25, 0.3) is 22.6 Å². The van der Waals surface area contributed by atoms with Gasteiger partial charge in [0.05, 0.1) is 21.2 Å². The number of fused-ring (bicyclic) bond motifs is 1. The number of nitro benzene ring substituents is 2. The molecule has 0 saturated heterocycles.